The Bertz CT molecular complexity index is 730. The maximum absolute atomic E-state index is 12.9. The van der Waals surface area contributed by atoms with Crippen molar-refractivity contribution < 1.29 is 9.59 Å². The Morgan fingerprint density at radius 1 is 1.26 bits per heavy atom. The molecule has 2 amide bonds. The minimum absolute atomic E-state index is 0.160. The second-order valence-electron chi connectivity index (χ2n) is 5.41. The first kappa shape index (κ1) is 16.1. The molecule has 1 aromatic carbocycles. The van der Waals surface area contributed by atoms with Gasteiger partial charge in [-0.3, -0.25) is 9.59 Å². The first-order chi connectivity index (χ1) is 11.1. The smallest absolute Gasteiger partial charge is 0.252 e. The molecule has 2 aromatic rings. The molecule has 6 heteroatoms. The van der Waals surface area contributed by atoms with Crippen molar-refractivity contribution >= 4 is 40.6 Å². The lowest BCUT2D eigenvalue weighted by Gasteiger charge is -2.38. The molecule has 1 aromatic heterocycles. The lowest BCUT2D eigenvalue weighted by molar-refractivity contribution is -0.131. The van der Waals surface area contributed by atoms with Gasteiger partial charge in [-0.15, -0.1) is 11.3 Å². The minimum Gasteiger partial charge on any atom is -0.350 e. The molecule has 0 radical (unpaired) electrons. The SMILES string of the molecule is CCN1C(=O)C(C)(C(=O)NCc2cccs2)Sc2ccccc21. The van der Waals surface area contributed by atoms with E-state index in [1.165, 1.54) is 11.8 Å². The first-order valence-electron chi connectivity index (χ1n) is 7.47. The molecule has 0 spiro atoms. The van der Waals surface area contributed by atoms with Crippen molar-refractivity contribution in [1.29, 1.82) is 0 Å². The molecule has 0 aliphatic carbocycles. The van der Waals surface area contributed by atoms with Crippen LogP contribution < -0.4 is 10.2 Å². The number of thioether (sulfide) groups is 1. The molecule has 1 N–H and O–H groups in total. The van der Waals surface area contributed by atoms with E-state index >= 15 is 0 Å². The number of rotatable bonds is 4. The highest BCUT2D eigenvalue weighted by atomic mass is 32.2. The summed E-state index contributed by atoms with van der Waals surface area (Å²) in [5.41, 5.74) is 0.883. The number of anilines is 1. The number of nitrogens with zero attached hydrogens (tertiary/aromatic N) is 1. The van der Waals surface area contributed by atoms with Crippen LogP contribution in [0.3, 0.4) is 0 Å². The fraction of sp³-hybridized carbons (Fsp3) is 0.294. The molecule has 23 heavy (non-hydrogen) atoms. The average Bonchev–Trinajstić information content (AvgIpc) is 3.07. The van der Waals surface area contributed by atoms with E-state index in [1.807, 2.05) is 48.7 Å². The Hall–Kier alpha value is -1.79. The van der Waals surface area contributed by atoms with E-state index in [9.17, 15) is 9.59 Å². The third kappa shape index (κ3) is 2.88. The van der Waals surface area contributed by atoms with Gasteiger partial charge in [0, 0.05) is 16.3 Å². The standard InChI is InChI=1S/C17H18N2O2S2/c1-3-19-13-8-4-5-9-14(13)23-17(2,16(19)21)15(20)18-11-12-7-6-10-22-12/h4-10H,3,11H2,1-2H3,(H,18,20). The molecule has 1 aliphatic rings. The van der Waals surface area contributed by atoms with Crippen LogP contribution in [0, 0.1) is 0 Å². The molecule has 3 rings (SSSR count). The highest BCUT2D eigenvalue weighted by Crippen LogP contribution is 2.45. The van der Waals surface area contributed by atoms with E-state index < -0.39 is 4.75 Å². The van der Waals surface area contributed by atoms with Crippen LogP contribution in [-0.2, 0) is 16.1 Å². The fourth-order valence-corrected chi connectivity index (χ4v) is 4.48. The van der Waals surface area contributed by atoms with E-state index in [2.05, 4.69) is 5.32 Å². The predicted molar refractivity (Wildman–Crippen MR) is 94.9 cm³/mol. The van der Waals surface area contributed by atoms with Crippen molar-refractivity contribution in [1.82, 2.24) is 5.32 Å². The Morgan fingerprint density at radius 3 is 2.74 bits per heavy atom. The quantitative estimate of drug-likeness (QED) is 0.865. The van der Waals surface area contributed by atoms with Crippen LogP contribution >= 0.6 is 23.1 Å². The molecule has 0 saturated carbocycles. The number of carbonyl (C=O) groups is 2. The summed E-state index contributed by atoms with van der Waals surface area (Å²) in [5.74, 6) is -0.402. The first-order valence-corrected chi connectivity index (χ1v) is 9.16. The topological polar surface area (TPSA) is 49.4 Å². The summed E-state index contributed by atoms with van der Waals surface area (Å²) in [7, 11) is 0. The molecule has 1 atom stereocenters. The van der Waals surface area contributed by atoms with Crippen molar-refractivity contribution in [3.05, 3.63) is 46.7 Å². The minimum atomic E-state index is -1.14. The number of thiophene rings is 1. The summed E-state index contributed by atoms with van der Waals surface area (Å²) in [6.45, 7) is 4.63. The van der Waals surface area contributed by atoms with Gasteiger partial charge in [0.1, 0.15) is 0 Å². The fourth-order valence-electron chi connectivity index (χ4n) is 2.60. The summed E-state index contributed by atoms with van der Waals surface area (Å²) in [5, 5.41) is 4.88. The lowest BCUT2D eigenvalue weighted by Crippen LogP contribution is -2.56. The number of nitrogens with one attached hydrogen (secondary N) is 1. The van der Waals surface area contributed by atoms with Gasteiger partial charge in [0.2, 0.25) is 5.91 Å². The lowest BCUT2D eigenvalue weighted by atomic mass is 10.1. The summed E-state index contributed by atoms with van der Waals surface area (Å²) in [6, 6.07) is 11.6. The van der Waals surface area contributed by atoms with Gasteiger partial charge in [-0.2, -0.15) is 0 Å². The van der Waals surface area contributed by atoms with Crippen molar-refractivity contribution in [3.8, 4) is 0 Å². The summed E-state index contributed by atoms with van der Waals surface area (Å²) in [6.07, 6.45) is 0. The molecule has 1 aliphatic heterocycles. The van der Waals surface area contributed by atoms with Crippen molar-refractivity contribution in [2.24, 2.45) is 0 Å². The number of para-hydroxylation sites is 1. The second kappa shape index (κ2) is 6.37. The number of benzene rings is 1. The van der Waals surface area contributed by atoms with E-state index in [-0.39, 0.29) is 11.8 Å². The Labute approximate surface area is 143 Å². The number of hydrogen-bond donors (Lipinski definition) is 1. The molecule has 1 unspecified atom stereocenters. The zero-order valence-electron chi connectivity index (χ0n) is 13.0. The molecule has 2 heterocycles. The van der Waals surface area contributed by atoms with Crippen LogP contribution in [0.1, 0.15) is 18.7 Å². The van der Waals surface area contributed by atoms with Crippen LogP contribution in [0.2, 0.25) is 0 Å². The highest BCUT2D eigenvalue weighted by molar-refractivity contribution is 8.02. The van der Waals surface area contributed by atoms with E-state index in [0.29, 0.717) is 13.1 Å². The van der Waals surface area contributed by atoms with E-state index in [4.69, 9.17) is 0 Å². The Balaban J connectivity index is 1.85. The molecular formula is C17H18N2O2S2. The van der Waals surface area contributed by atoms with Crippen LogP contribution in [0.25, 0.3) is 0 Å². The Kier molecular flexibility index (Phi) is 4.46. The van der Waals surface area contributed by atoms with Crippen LogP contribution in [-0.4, -0.2) is 23.1 Å². The van der Waals surface area contributed by atoms with Crippen molar-refractivity contribution in [2.45, 2.75) is 30.0 Å². The largest absolute Gasteiger partial charge is 0.350 e. The maximum Gasteiger partial charge on any atom is 0.252 e. The van der Waals surface area contributed by atoms with Crippen LogP contribution in [0.5, 0.6) is 0 Å². The number of fused-ring (bicyclic) bond motifs is 1. The number of carbonyl (C=O) groups excluding carboxylic acids is 2. The average molecular weight is 346 g/mol. The molecule has 120 valence electrons. The normalized spacial score (nSPS) is 20.3. The van der Waals surface area contributed by atoms with E-state index in [0.717, 1.165) is 15.5 Å². The van der Waals surface area contributed by atoms with Gasteiger partial charge < -0.3 is 10.2 Å². The second-order valence-corrected chi connectivity index (χ2v) is 7.91. The number of amides is 2. The molecule has 4 nitrogen and oxygen atoms in total. The van der Waals surface area contributed by atoms with Gasteiger partial charge in [-0.25, -0.2) is 0 Å². The zero-order chi connectivity index (χ0) is 16.4. The molecule has 0 fully saturated rings. The van der Waals surface area contributed by atoms with Gasteiger partial charge in [0.25, 0.3) is 5.91 Å². The maximum atomic E-state index is 12.9. The summed E-state index contributed by atoms with van der Waals surface area (Å²) < 4.78 is -1.14. The van der Waals surface area contributed by atoms with Gasteiger partial charge in [-0.1, -0.05) is 30.0 Å². The predicted octanol–water partition coefficient (Wildman–Crippen LogP) is 3.28. The van der Waals surface area contributed by atoms with E-state index in [1.54, 1.807) is 23.2 Å². The van der Waals surface area contributed by atoms with Crippen LogP contribution in [0.4, 0.5) is 5.69 Å². The molecule has 0 bridgehead atoms. The van der Waals surface area contributed by atoms with Crippen molar-refractivity contribution in [3.63, 3.8) is 0 Å². The van der Waals surface area contributed by atoms with Crippen molar-refractivity contribution in [2.75, 3.05) is 11.4 Å². The van der Waals surface area contributed by atoms with Crippen LogP contribution in [0.15, 0.2) is 46.7 Å². The zero-order valence-corrected chi connectivity index (χ0v) is 14.7. The summed E-state index contributed by atoms with van der Waals surface area (Å²) in [4.78, 5) is 29.3. The summed E-state index contributed by atoms with van der Waals surface area (Å²) >= 11 is 2.92. The Morgan fingerprint density at radius 2 is 2.04 bits per heavy atom. The third-order valence-electron chi connectivity index (χ3n) is 3.88. The van der Waals surface area contributed by atoms with Gasteiger partial charge >= 0.3 is 0 Å². The van der Waals surface area contributed by atoms with Gasteiger partial charge in [0.15, 0.2) is 4.75 Å². The highest BCUT2D eigenvalue weighted by Gasteiger charge is 2.48. The molecular weight excluding hydrogens is 328 g/mol. The molecule has 0 saturated heterocycles. The van der Waals surface area contributed by atoms with Gasteiger partial charge in [-0.05, 0) is 37.4 Å². The third-order valence-corrected chi connectivity index (χ3v) is 6.09. The number of hydrogen-bond acceptors (Lipinski definition) is 4. The van der Waals surface area contributed by atoms with Gasteiger partial charge in [0.05, 0.1) is 12.2 Å². The monoisotopic (exact) mass is 346 g/mol.